The number of hydrogen-bond acceptors (Lipinski definition) is 8. The van der Waals surface area contributed by atoms with E-state index < -0.39 is 16.7 Å². The third kappa shape index (κ3) is 4.00. The number of non-ortho nitro benzene ring substituents is 1. The first-order valence-corrected chi connectivity index (χ1v) is 8.39. The summed E-state index contributed by atoms with van der Waals surface area (Å²) in [6, 6.07) is 4.24. The molecule has 0 saturated heterocycles. The molecule has 2 aromatic heterocycles. The van der Waals surface area contributed by atoms with Gasteiger partial charge in [-0.05, 0) is 6.07 Å². The summed E-state index contributed by atoms with van der Waals surface area (Å²) in [5.74, 6) is -0.835. The molecule has 0 bridgehead atoms. The van der Waals surface area contributed by atoms with Gasteiger partial charge in [-0.25, -0.2) is 4.98 Å². The maximum atomic E-state index is 12.1. The van der Waals surface area contributed by atoms with E-state index in [0.717, 1.165) is 11.3 Å². The highest BCUT2D eigenvalue weighted by Gasteiger charge is 2.17. The quantitative estimate of drug-likeness (QED) is 0.477. The number of rotatable bonds is 6. The Balaban J connectivity index is 1.63. The lowest BCUT2D eigenvalue weighted by molar-refractivity contribution is -0.384. The van der Waals surface area contributed by atoms with Crippen molar-refractivity contribution in [2.24, 2.45) is 7.05 Å². The van der Waals surface area contributed by atoms with Gasteiger partial charge in [-0.1, -0.05) is 11.3 Å². The standard InChI is InChI=1S/C15H14N6O5S/c1-20-7-9(14(19-20)26-2)13(23)16-6-12(22)18-15-17-10-4-3-8(21(24)25)5-11(10)27-15/h3-5,7H,6H2,1-2H3,(H,16,23)(H,17,18,22). The number of nitro groups is 1. The highest BCUT2D eigenvalue weighted by molar-refractivity contribution is 7.22. The lowest BCUT2D eigenvalue weighted by atomic mass is 10.3. The molecule has 11 nitrogen and oxygen atoms in total. The number of thiazole rings is 1. The fourth-order valence-electron chi connectivity index (χ4n) is 2.27. The fourth-order valence-corrected chi connectivity index (χ4v) is 3.19. The second-order valence-electron chi connectivity index (χ2n) is 5.38. The van der Waals surface area contributed by atoms with Crippen molar-refractivity contribution in [3.8, 4) is 5.88 Å². The predicted molar refractivity (Wildman–Crippen MR) is 97.0 cm³/mol. The number of aromatic nitrogens is 3. The van der Waals surface area contributed by atoms with Gasteiger partial charge < -0.3 is 15.4 Å². The normalized spacial score (nSPS) is 10.6. The first kappa shape index (κ1) is 18.3. The first-order chi connectivity index (χ1) is 12.9. The van der Waals surface area contributed by atoms with Crippen LogP contribution in [0.25, 0.3) is 10.2 Å². The molecule has 0 atom stereocenters. The van der Waals surface area contributed by atoms with E-state index >= 15 is 0 Å². The number of carbonyl (C=O) groups is 2. The molecule has 27 heavy (non-hydrogen) atoms. The maximum absolute atomic E-state index is 12.1. The number of nitrogens with one attached hydrogen (secondary N) is 2. The third-order valence-corrected chi connectivity index (χ3v) is 4.41. The van der Waals surface area contributed by atoms with Crippen molar-refractivity contribution in [3.63, 3.8) is 0 Å². The van der Waals surface area contributed by atoms with Gasteiger partial charge in [0.2, 0.25) is 11.8 Å². The Hall–Kier alpha value is -3.54. The summed E-state index contributed by atoms with van der Waals surface area (Å²) in [6.07, 6.45) is 1.48. The molecule has 0 spiro atoms. The number of benzene rings is 1. The van der Waals surface area contributed by atoms with Gasteiger partial charge in [-0.3, -0.25) is 24.4 Å². The van der Waals surface area contributed by atoms with Crippen LogP contribution in [0.2, 0.25) is 0 Å². The third-order valence-electron chi connectivity index (χ3n) is 3.47. The highest BCUT2D eigenvalue weighted by atomic mass is 32.1. The zero-order valence-electron chi connectivity index (χ0n) is 14.3. The molecular weight excluding hydrogens is 376 g/mol. The van der Waals surface area contributed by atoms with Crippen molar-refractivity contribution in [1.82, 2.24) is 20.1 Å². The van der Waals surface area contributed by atoms with Gasteiger partial charge >= 0.3 is 0 Å². The molecule has 2 amide bonds. The number of anilines is 1. The van der Waals surface area contributed by atoms with E-state index in [4.69, 9.17) is 4.74 Å². The number of carbonyl (C=O) groups excluding carboxylic acids is 2. The van der Waals surface area contributed by atoms with Crippen molar-refractivity contribution < 1.29 is 19.2 Å². The van der Waals surface area contributed by atoms with Crippen LogP contribution >= 0.6 is 11.3 Å². The molecule has 0 unspecified atom stereocenters. The summed E-state index contributed by atoms with van der Waals surface area (Å²) in [4.78, 5) is 38.7. The van der Waals surface area contributed by atoms with E-state index in [1.165, 1.54) is 36.2 Å². The molecule has 0 fully saturated rings. The maximum Gasteiger partial charge on any atom is 0.270 e. The van der Waals surface area contributed by atoms with Gasteiger partial charge in [-0.15, -0.1) is 5.10 Å². The summed E-state index contributed by atoms with van der Waals surface area (Å²) < 4.78 is 7.00. The molecule has 0 aliphatic rings. The summed E-state index contributed by atoms with van der Waals surface area (Å²) in [6.45, 7) is -0.285. The van der Waals surface area contributed by atoms with Crippen LogP contribution in [0.3, 0.4) is 0 Å². The summed E-state index contributed by atoms with van der Waals surface area (Å²) >= 11 is 1.10. The lowest BCUT2D eigenvalue weighted by Crippen LogP contribution is -2.32. The van der Waals surface area contributed by atoms with E-state index in [2.05, 4.69) is 20.7 Å². The number of nitrogens with zero attached hydrogens (tertiary/aromatic N) is 4. The predicted octanol–water partition coefficient (Wildman–Crippen LogP) is 1.32. The molecule has 3 rings (SSSR count). The monoisotopic (exact) mass is 390 g/mol. The minimum absolute atomic E-state index is 0.0540. The number of ether oxygens (including phenoxy) is 1. The Bertz CT molecular complexity index is 1040. The van der Waals surface area contributed by atoms with Gasteiger partial charge in [0, 0.05) is 25.4 Å². The van der Waals surface area contributed by atoms with Crippen molar-refractivity contribution in [3.05, 3.63) is 40.1 Å². The van der Waals surface area contributed by atoms with Crippen LogP contribution in [-0.2, 0) is 11.8 Å². The lowest BCUT2D eigenvalue weighted by Gasteiger charge is -2.04. The van der Waals surface area contributed by atoms with Crippen LogP contribution in [0, 0.1) is 10.1 Å². The summed E-state index contributed by atoms with van der Waals surface area (Å²) in [5, 5.41) is 20.1. The van der Waals surface area contributed by atoms with E-state index in [1.54, 1.807) is 7.05 Å². The minimum atomic E-state index is -0.505. The highest BCUT2D eigenvalue weighted by Crippen LogP contribution is 2.29. The summed E-state index contributed by atoms with van der Waals surface area (Å²) in [7, 11) is 3.03. The van der Waals surface area contributed by atoms with Crippen molar-refractivity contribution in [2.45, 2.75) is 0 Å². The molecule has 2 N–H and O–H groups in total. The van der Waals surface area contributed by atoms with Crippen molar-refractivity contribution >= 4 is 44.2 Å². The number of fused-ring (bicyclic) bond motifs is 1. The molecule has 1 aromatic carbocycles. The van der Waals surface area contributed by atoms with Gasteiger partial charge in [0.1, 0.15) is 5.56 Å². The first-order valence-electron chi connectivity index (χ1n) is 7.58. The molecule has 0 radical (unpaired) electrons. The smallest absolute Gasteiger partial charge is 0.270 e. The van der Waals surface area contributed by atoms with Gasteiger partial charge in [0.05, 0.1) is 28.8 Å². The Morgan fingerprint density at radius 2 is 2.19 bits per heavy atom. The van der Waals surface area contributed by atoms with Crippen LogP contribution in [0.1, 0.15) is 10.4 Å². The Morgan fingerprint density at radius 1 is 1.41 bits per heavy atom. The number of aryl methyl sites for hydroxylation is 1. The Labute approximate surface area is 156 Å². The zero-order chi connectivity index (χ0) is 19.6. The molecule has 3 aromatic rings. The minimum Gasteiger partial charge on any atom is -0.479 e. The van der Waals surface area contributed by atoms with Crippen molar-refractivity contribution in [2.75, 3.05) is 19.0 Å². The van der Waals surface area contributed by atoms with E-state index in [9.17, 15) is 19.7 Å². The number of methoxy groups -OCH3 is 1. The van der Waals surface area contributed by atoms with Crippen LogP contribution < -0.4 is 15.4 Å². The Morgan fingerprint density at radius 3 is 2.89 bits per heavy atom. The van der Waals surface area contributed by atoms with E-state index in [1.807, 2.05) is 0 Å². The number of nitro benzene ring substituents is 1. The van der Waals surface area contributed by atoms with Gasteiger partial charge in [-0.2, -0.15) is 0 Å². The van der Waals surface area contributed by atoms with Crippen molar-refractivity contribution in [1.29, 1.82) is 0 Å². The number of hydrogen-bond donors (Lipinski definition) is 2. The number of amides is 2. The molecule has 12 heteroatoms. The molecule has 0 aliphatic heterocycles. The van der Waals surface area contributed by atoms with E-state index in [-0.39, 0.29) is 28.8 Å². The van der Waals surface area contributed by atoms with Crippen LogP contribution in [0.5, 0.6) is 5.88 Å². The molecular formula is C15H14N6O5S. The second-order valence-corrected chi connectivity index (χ2v) is 6.42. The second kappa shape index (κ2) is 7.37. The molecule has 0 aliphatic carbocycles. The fraction of sp³-hybridized carbons (Fsp3) is 0.200. The van der Waals surface area contributed by atoms with Gasteiger partial charge in [0.15, 0.2) is 5.13 Å². The van der Waals surface area contributed by atoms with Gasteiger partial charge in [0.25, 0.3) is 11.6 Å². The molecule has 2 heterocycles. The SMILES string of the molecule is COc1nn(C)cc1C(=O)NCC(=O)Nc1nc2ccc([N+](=O)[O-])cc2s1. The average Bonchev–Trinajstić information content (AvgIpc) is 3.21. The summed E-state index contributed by atoms with van der Waals surface area (Å²) in [5.41, 5.74) is 0.687. The topological polar surface area (TPSA) is 141 Å². The van der Waals surface area contributed by atoms with Crippen LogP contribution in [-0.4, -0.2) is 45.2 Å². The molecule has 140 valence electrons. The van der Waals surface area contributed by atoms with Crippen LogP contribution in [0.4, 0.5) is 10.8 Å². The average molecular weight is 390 g/mol. The van der Waals surface area contributed by atoms with Crippen LogP contribution in [0.15, 0.2) is 24.4 Å². The zero-order valence-corrected chi connectivity index (χ0v) is 15.1. The Kier molecular flexibility index (Phi) is 4.98. The molecule has 0 saturated carbocycles. The largest absolute Gasteiger partial charge is 0.479 e. The van der Waals surface area contributed by atoms with E-state index in [0.29, 0.717) is 10.2 Å².